The van der Waals surface area contributed by atoms with Crippen LogP contribution in [-0.4, -0.2) is 8.42 Å². The Hall–Kier alpha value is -2.43. The van der Waals surface area contributed by atoms with Crippen molar-refractivity contribution >= 4 is 50.5 Å². The fourth-order valence-corrected chi connectivity index (χ4v) is 3.84. The fourth-order valence-electron chi connectivity index (χ4n) is 2.29. The summed E-state index contributed by atoms with van der Waals surface area (Å²) in [4.78, 5) is 0.0255. The maximum Gasteiger partial charge on any atom is 0.261 e. The summed E-state index contributed by atoms with van der Waals surface area (Å²) < 4.78 is 33.1. The quantitative estimate of drug-likeness (QED) is 0.505. The van der Waals surface area contributed by atoms with Crippen molar-refractivity contribution in [2.24, 2.45) is 0 Å². The van der Waals surface area contributed by atoms with E-state index >= 15 is 0 Å². The van der Waals surface area contributed by atoms with E-state index in [0.717, 1.165) is 0 Å². The number of anilines is 1. The number of ether oxygens (including phenoxy) is 1. The van der Waals surface area contributed by atoms with Gasteiger partial charge < -0.3 is 4.74 Å². The number of hydrogen-bond donors (Lipinski definition) is 1. The molecule has 5 nitrogen and oxygen atoms in total. The Balaban J connectivity index is 1.81. The molecule has 0 heterocycles. The molecule has 0 fully saturated rings. The van der Waals surface area contributed by atoms with Crippen LogP contribution in [0.5, 0.6) is 11.5 Å². The summed E-state index contributed by atoms with van der Waals surface area (Å²) >= 11 is 17.7. The zero-order valence-corrected chi connectivity index (χ0v) is 17.1. The van der Waals surface area contributed by atoms with Gasteiger partial charge in [-0.15, -0.1) is 0 Å². The highest BCUT2D eigenvalue weighted by molar-refractivity contribution is 7.92. The standard InChI is InChI=1S/C19H11Cl3N2O3S/c20-16-2-1-3-19(15(16)11-23)27-13-5-7-14(8-6-13)28(25,26)24-12-4-9-17(21)18(22)10-12/h1-10,24H. The summed E-state index contributed by atoms with van der Waals surface area (Å²) in [7, 11) is -3.83. The zero-order valence-electron chi connectivity index (χ0n) is 14.0. The molecule has 0 aliphatic carbocycles. The van der Waals surface area contributed by atoms with Gasteiger partial charge in [-0.3, -0.25) is 4.72 Å². The van der Waals surface area contributed by atoms with E-state index in [1.54, 1.807) is 18.2 Å². The Kier molecular flexibility index (Phi) is 6.01. The second kappa shape index (κ2) is 8.29. The second-order valence-corrected chi connectivity index (χ2v) is 8.44. The van der Waals surface area contributed by atoms with Crippen LogP contribution in [0.1, 0.15) is 5.56 Å². The number of hydrogen-bond acceptors (Lipinski definition) is 4. The SMILES string of the molecule is N#Cc1c(Cl)cccc1Oc1ccc(S(=O)(=O)Nc2ccc(Cl)c(Cl)c2)cc1. The van der Waals surface area contributed by atoms with Crippen LogP contribution in [0, 0.1) is 11.3 Å². The van der Waals surface area contributed by atoms with Crippen LogP contribution in [0.15, 0.2) is 65.6 Å². The molecule has 0 saturated heterocycles. The molecule has 0 amide bonds. The largest absolute Gasteiger partial charge is 0.456 e. The van der Waals surface area contributed by atoms with Gasteiger partial charge in [0, 0.05) is 0 Å². The predicted octanol–water partition coefficient (Wildman–Crippen LogP) is 6.11. The van der Waals surface area contributed by atoms with E-state index in [9.17, 15) is 13.7 Å². The van der Waals surface area contributed by atoms with Crippen LogP contribution in [0.4, 0.5) is 5.69 Å². The third-order valence-corrected chi connectivity index (χ3v) is 6.07. The molecule has 0 saturated carbocycles. The average molecular weight is 454 g/mol. The summed E-state index contributed by atoms with van der Waals surface area (Å²) in [5.41, 5.74) is 0.481. The molecule has 0 radical (unpaired) electrons. The summed E-state index contributed by atoms with van der Waals surface area (Å²) in [6.07, 6.45) is 0. The third kappa shape index (κ3) is 4.51. The molecule has 3 aromatic rings. The Labute approximate surface area is 177 Å². The first-order valence-electron chi connectivity index (χ1n) is 7.74. The molecule has 0 aliphatic heterocycles. The number of benzene rings is 3. The molecular weight excluding hydrogens is 443 g/mol. The molecule has 0 spiro atoms. The topological polar surface area (TPSA) is 79.2 Å². The molecule has 0 aliphatic rings. The first kappa shape index (κ1) is 20.3. The Morgan fingerprint density at radius 3 is 2.25 bits per heavy atom. The van der Waals surface area contributed by atoms with Crippen molar-refractivity contribution in [3.05, 3.63) is 81.3 Å². The van der Waals surface area contributed by atoms with Crippen LogP contribution in [0.2, 0.25) is 15.1 Å². The van der Waals surface area contributed by atoms with Crippen molar-refractivity contribution < 1.29 is 13.2 Å². The zero-order chi connectivity index (χ0) is 20.3. The van der Waals surface area contributed by atoms with Gasteiger partial charge in [0.1, 0.15) is 23.1 Å². The van der Waals surface area contributed by atoms with E-state index in [0.29, 0.717) is 10.8 Å². The van der Waals surface area contributed by atoms with E-state index in [1.807, 2.05) is 6.07 Å². The van der Waals surface area contributed by atoms with E-state index in [-0.39, 0.29) is 31.9 Å². The highest BCUT2D eigenvalue weighted by Gasteiger charge is 2.15. The van der Waals surface area contributed by atoms with Gasteiger partial charge in [0.15, 0.2) is 0 Å². The maximum atomic E-state index is 12.5. The lowest BCUT2D eigenvalue weighted by atomic mass is 10.2. The van der Waals surface area contributed by atoms with Gasteiger partial charge in [0.2, 0.25) is 0 Å². The van der Waals surface area contributed by atoms with Crippen LogP contribution >= 0.6 is 34.8 Å². The Bertz CT molecular complexity index is 1170. The van der Waals surface area contributed by atoms with Crippen molar-refractivity contribution in [2.75, 3.05) is 4.72 Å². The van der Waals surface area contributed by atoms with Gasteiger partial charge in [-0.25, -0.2) is 8.42 Å². The van der Waals surface area contributed by atoms with E-state index in [1.165, 1.54) is 42.5 Å². The normalized spacial score (nSPS) is 10.9. The lowest BCUT2D eigenvalue weighted by Gasteiger charge is -2.11. The van der Waals surface area contributed by atoms with E-state index in [4.69, 9.17) is 39.5 Å². The van der Waals surface area contributed by atoms with E-state index < -0.39 is 10.0 Å². The van der Waals surface area contributed by atoms with Gasteiger partial charge in [0.05, 0.1) is 25.7 Å². The van der Waals surface area contributed by atoms with E-state index in [2.05, 4.69) is 4.72 Å². The lowest BCUT2D eigenvalue weighted by molar-refractivity contribution is 0.480. The molecule has 3 rings (SSSR count). The minimum Gasteiger partial charge on any atom is -0.456 e. The second-order valence-electron chi connectivity index (χ2n) is 5.53. The van der Waals surface area contributed by atoms with Crippen molar-refractivity contribution in [1.82, 2.24) is 0 Å². The third-order valence-electron chi connectivity index (χ3n) is 3.62. The Morgan fingerprint density at radius 1 is 0.893 bits per heavy atom. The number of halogens is 3. The monoisotopic (exact) mass is 452 g/mol. The summed E-state index contributed by atoms with van der Waals surface area (Å²) in [6.45, 7) is 0. The van der Waals surface area contributed by atoms with Crippen molar-refractivity contribution in [3.8, 4) is 17.6 Å². The van der Waals surface area contributed by atoms with Crippen molar-refractivity contribution in [2.45, 2.75) is 4.90 Å². The number of sulfonamides is 1. The van der Waals surface area contributed by atoms with Gasteiger partial charge >= 0.3 is 0 Å². The van der Waals surface area contributed by atoms with Gasteiger partial charge in [0.25, 0.3) is 10.0 Å². The van der Waals surface area contributed by atoms with Crippen LogP contribution in [0.3, 0.4) is 0 Å². The molecule has 0 aromatic heterocycles. The highest BCUT2D eigenvalue weighted by atomic mass is 35.5. The highest BCUT2D eigenvalue weighted by Crippen LogP contribution is 2.31. The average Bonchev–Trinajstić information content (AvgIpc) is 2.65. The minimum absolute atomic E-state index is 0.0255. The van der Waals surface area contributed by atoms with Gasteiger partial charge in [-0.1, -0.05) is 40.9 Å². The molecule has 1 N–H and O–H groups in total. The molecule has 0 atom stereocenters. The van der Waals surface area contributed by atoms with Crippen LogP contribution in [-0.2, 0) is 10.0 Å². The first-order chi connectivity index (χ1) is 13.3. The minimum atomic E-state index is -3.83. The fraction of sp³-hybridized carbons (Fsp3) is 0. The van der Waals surface area contributed by atoms with Crippen molar-refractivity contribution in [3.63, 3.8) is 0 Å². The maximum absolute atomic E-state index is 12.5. The molecule has 142 valence electrons. The summed E-state index contributed by atoms with van der Waals surface area (Å²) in [5.74, 6) is 0.631. The number of rotatable bonds is 5. The molecule has 28 heavy (non-hydrogen) atoms. The lowest BCUT2D eigenvalue weighted by Crippen LogP contribution is -2.12. The number of nitrogens with one attached hydrogen (secondary N) is 1. The van der Waals surface area contributed by atoms with Crippen LogP contribution in [0.25, 0.3) is 0 Å². The summed E-state index contributed by atoms with van der Waals surface area (Å²) in [6, 6.07) is 16.9. The molecule has 0 bridgehead atoms. The first-order valence-corrected chi connectivity index (χ1v) is 10.4. The number of nitrogens with zero attached hydrogens (tertiary/aromatic N) is 1. The predicted molar refractivity (Wildman–Crippen MR) is 110 cm³/mol. The number of nitriles is 1. The van der Waals surface area contributed by atoms with Crippen LogP contribution < -0.4 is 9.46 Å². The molecular formula is C19H11Cl3N2O3S. The van der Waals surface area contributed by atoms with Gasteiger partial charge in [-0.05, 0) is 54.6 Å². The molecule has 9 heteroatoms. The smallest absolute Gasteiger partial charge is 0.261 e. The Morgan fingerprint density at radius 2 is 1.61 bits per heavy atom. The molecule has 3 aromatic carbocycles. The molecule has 0 unspecified atom stereocenters. The summed E-state index contributed by atoms with van der Waals surface area (Å²) in [5, 5.41) is 10.0. The van der Waals surface area contributed by atoms with Crippen molar-refractivity contribution in [1.29, 1.82) is 5.26 Å². The van der Waals surface area contributed by atoms with Gasteiger partial charge in [-0.2, -0.15) is 5.26 Å².